The number of imide groups is 4. The SMILES string of the molecule is CN1C(=O)C(=C/C=C2\Oc3ccccc3N2CCCN2/C(=C\C=C3C(=O)N(C)C(=O)N(C)C3=O)Oc3ccccc32)C(=O)N(C)C1=O. The molecule has 47 heavy (non-hydrogen) atoms. The minimum absolute atomic E-state index is 0.173. The number of anilines is 2. The number of hydrogen-bond acceptors (Lipinski definition) is 10. The zero-order valence-corrected chi connectivity index (χ0v) is 26.0. The highest BCUT2D eigenvalue weighted by Gasteiger charge is 2.39. The minimum Gasteiger partial charge on any atom is -0.439 e. The molecule has 2 saturated heterocycles. The van der Waals surface area contributed by atoms with Crippen molar-refractivity contribution in [3.8, 4) is 11.5 Å². The summed E-state index contributed by atoms with van der Waals surface area (Å²) in [6.07, 6.45) is 6.34. The molecule has 0 radical (unpaired) electrons. The number of ether oxygens (including phenoxy) is 2. The molecule has 14 heteroatoms. The van der Waals surface area contributed by atoms with Crippen molar-refractivity contribution in [1.29, 1.82) is 0 Å². The molecule has 0 unspecified atom stereocenters. The number of hydrogen-bond donors (Lipinski definition) is 0. The number of amides is 8. The summed E-state index contributed by atoms with van der Waals surface area (Å²) in [5.74, 6) is -0.864. The van der Waals surface area contributed by atoms with Gasteiger partial charge in [-0.2, -0.15) is 0 Å². The van der Waals surface area contributed by atoms with E-state index in [9.17, 15) is 28.8 Å². The first-order valence-electron chi connectivity index (χ1n) is 14.6. The molecule has 0 spiro atoms. The van der Waals surface area contributed by atoms with Crippen LogP contribution in [0.5, 0.6) is 11.5 Å². The molecule has 8 amide bonds. The van der Waals surface area contributed by atoms with E-state index in [1.165, 1.54) is 52.5 Å². The Labute approximate surface area is 269 Å². The van der Waals surface area contributed by atoms with E-state index in [4.69, 9.17) is 9.47 Å². The Hall–Kier alpha value is -6.18. The van der Waals surface area contributed by atoms with Gasteiger partial charge in [0.15, 0.2) is 11.5 Å². The maximum atomic E-state index is 12.7. The number of carbonyl (C=O) groups is 6. The maximum absolute atomic E-state index is 12.7. The number of carbonyl (C=O) groups excluding carboxylic acids is 6. The van der Waals surface area contributed by atoms with E-state index in [2.05, 4.69) is 0 Å². The molecule has 4 heterocycles. The van der Waals surface area contributed by atoms with Crippen molar-refractivity contribution in [2.75, 3.05) is 51.1 Å². The van der Waals surface area contributed by atoms with E-state index in [0.717, 1.165) is 31.0 Å². The van der Waals surface area contributed by atoms with Crippen LogP contribution in [0.2, 0.25) is 0 Å². The molecule has 4 aliphatic heterocycles. The summed E-state index contributed by atoms with van der Waals surface area (Å²) in [6, 6.07) is 13.4. The fraction of sp³-hybridized carbons (Fsp3) is 0.212. The van der Waals surface area contributed by atoms with Crippen LogP contribution in [-0.4, -0.2) is 96.6 Å². The van der Waals surface area contributed by atoms with Gasteiger partial charge in [0.1, 0.15) is 11.1 Å². The predicted molar refractivity (Wildman–Crippen MR) is 168 cm³/mol. The number of likely N-dealkylation sites (N-methyl/N-ethyl adjacent to an activating group) is 4. The summed E-state index contributed by atoms with van der Waals surface area (Å²) in [7, 11) is 5.24. The van der Waals surface area contributed by atoms with Gasteiger partial charge < -0.3 is 19.3 Å². The van der Waals surface area contributed by atoms with Crippen LogP contribution < -0.4 is 19.3 Å². The van der Waals surface area contributed by atoms with Gasteiger partial charge in [0.2, 0.25) is 11.8 Å². The fourth-order valence-corrected chi connectivity index (χ4v) is 5.50. The van der Waals surface area contributed by atoms with Crippen molar-refractivity contribution < 1.29 is 38.2 Å². The summed E-state index contributed by atoms with van der Waals surface area (Å²) < 4.78 is 12.2. The third kappa shape index (κ3) is 5.28. The largest absolute Gasteiger partial charge is 0.439 e. The number of para-hydroxylation sites is 4. The normalized spacial score (nSPS) is 19.7. The highest BCUT2D eigenvalue weighted by atomic mass is 16.5. The first kappa shape index (κ1) is 30.8. The second kappa shape index (κ2) is 12.0. The van der Waals surface area contributed by atoms with Gasteiger partial charge in [-0.15, -0.1) is 0 Å². The van der Waals surface area contributed by atoms with E-state index in [-0.39, 0.29) is 11.1 Å². The zero-order chi connectivity index (χ0) is 33.6. The van der Waals surface area contributed by atoms with Gasteiger partial charge in [0.05, 0.1) is 11.4 Å². The molecule has 0 saturated carbocycles. The number of nitrogens with zero attached hydrogens (tertiary/aromatic N) is 6. The van der Waals surface area contributed by atoms with Gasteiger partial charge >= 0.3 is 12.1 Å². The van der Waals surface area contributed by atoms with Gasteiger partial charge in [-0.25, -0.2) is 9.59 Å². The van der Waals surface area contributed by atoms with Crippen LogP contribution in [0.25, 0.3) is 0 Å². The van der Waals surface area contributed by atoms with Crippen molar-refractivity contribution >= 4 is 47.1 Å². The van der Waals surface area contributed by atoms with Crippen molar-refractivity contribution in [2.24, 2.45) is 0 Å². The maximum Gasteiger partial charge on any atom is 0.333 e. The molecule has 2 fully saturated rings. The number of allylic oxidation sites excluding steroid dienone is 4. The average Bonchev–Trinajstić information content (AvgIpc) is 3.62. The van der Waals surface area contributed by atoms with Gasteiger partial charge in [0, 0.05) is 41.3 Å². The van der Waals surface area contributed by atoms with Crippen LogP contribution in [0.1, 0.15) is 6.42 Å². The lowest BCUT2D eigenvalue weighted by molar-refractivity contribution is -0.136. The number of benzene rings is 2. The van der Waals surface area contributed by atoms with E-state index < -0.39 is 35.7 Å². The Morgan fingerprint density at radius 3 is 1.21 bits per heavy atom. The third-order valence-electron chi connectivity index (χ3n) is 8.11. The van der Waals surface area contributed by atoms with E-state index >= 15 is 0 Å². The number of rotatable bonds is 6. The molecule has 0 N–H and O–H groups in total. The standard InChI is InChI=1S/C33H30N6O8/c1-34-28(40)20(29(41)35(2)32(34)44)14-16-26-38(22-10-5-7-12-24(22)46-26)18-9-19-39-23-11-6-8-13-25(23)47-27(39)17-15-21-30(42)36(3)33(45)37(4)31(21)43/h5-8,10-17H,9,18-19H2,1-4H3/b26-16-,27-17+. The lowest BCUT2D eigenvalue weighted by Crippen LogP contribution is -2.53. The van der Waals surface area contributed by atoms with Gasteiger partial charge in [-0.05, 0) is 55.0 Å². The first-order valence-corrected chi connectivity index (χ1v) is 14.6. The van der Waals surface area contributed by atoms with Crippen LogP contribution >= 0.6 is 0 Å². The second-order valence-electron chi connectivity index (χ2n) is 11.0. The number of fused-ring (bicyclic) bond motifs is 2. The van der Waals surface area contributed by atoms with Gasteiger partial charge in [-0.1, -0.05) is 24.3 Å². The molecule has 0 bridgehead atoms. The quantitative estimate of drug-likeness (QED) is 0.343. The van der Waals surface area contributed by atoms with E-state index in [0.29, 0.717) is 42.8 Å². The predicted octanol–water partition coefficient (Wildman–Crippen LogP) is 2.81. The van der Waals surface area contributed by atoms with Gasteiger partial charge in [0.25, 0.3) is 23.6 Å². The first-order chi connectivity index (χ1) is 22.5. The molecule has 6 rings (SSSR count). The molecule has 4 aliphatic rings. The van der Waals surface area contributed by atoms with Crippen molar-refractivity contribution in [3.05, 3.63) is 95.7 Å². The minimum atomic E-state index is -0.709. The fourth-order valence-electron chi connectivity index (χ4n) is 5.50. The molecule has 2 aromatic rings. The lowest BCUT2D eigenvalue weighted by Gasteiger charge is -2.28. The Morgan fingerprint density at radius 1 is 0.511 bits per heavy atom. The summed E-state index contributed by atoms with van der Waals surface area (Å²) in [5.41, 5.74) is 1.23. The van der Waals surface area contributed by atoms with Crippen molar-refractivity contribution in [1.82, 2.24) is 19.6 Å². The van der Waals surface area contributed by atoms with Crippen LogP contribution in [0.4, 0.5) is 21.0 Å². The molecule has 0 aromatic heterocycles. The Bertz CT molecular complexity index is 1690. The molecule has 0 aliphatic carbocycles. The highest BCUT2D eigenvalue weighted by molar-refractivity contribution is 6.29. The molecule has 2 aromatic carbocycles. The summed E-state index contributed by atoms with van der Waals surface area (Å²) >= 11 is 0. The van der Waals surface area contributed by atoms with E-state index in [1.54, 1.807) is 0 Å². The number of barbiturate groups is 2. The van der Waals surface area contributed by atoms with Crippen LogP contribution in [0.3, 0.4) is 0 Å². The van der Waals surface area contributed by atoms with Crippen molar-refractivity contribution in [3.63, 3.8) is 0 Å². The average molecular weight is 639 g/mol. The molecule has 240 valence electrons. The topological polar surface area (TPSA) is 140 Å². The highest BCUT2D eigenvalue weighted by Crippen LogP contribution is 2.41. The Morgan fingerprint density at radius 2 is 0.851 bits per heavy atom. The summed E-state index contributed by atoms with van der Waals surface area (Å²) in [5, 5.41) is 0. The number of urea groups is 2. The monoisotopic (exact) mass is 638 g/mol. The summed E-state index contributed by atoms with van der Waals surface area (Å²) in [4.78, 5) is 82.4. The molecule has 14 nitrogen and oxygen atoms in total. The smallest absolute Gasteiger partial charge is 0.333 e. The Kier molecular flexibility index (Phi) is 7.85. The second-order valence-corrected chi connectivity index (χ2v) is 11.0. The lowest BCUT2D eigenvalue weighted by atomic mass is 10.1. The van der Waals surface area contributed by atoms with Crippen LogP contribution in [-0.2, 0) is 19.2 Å². The Balaban J connectivity index is 1.25. The zero-order valence-electron chi connectivity index (χ0n) is 26.0. The molecule has 0 atom stereocenters. The third-order valence-corrected chi connectivity index (χ3v) is 8.11. The van der Waals surface area contributed by atoms with Crippen molar-refractivity contribution in [2.45, 2.75) is 6.42 Å². The van der Waals surface area contributed by atoms with E-state index in [1.807, 2.05) is 58.3 Å². The van der Waals surface area contributed by atoms with Crippen LogP contribution in [0.15, 0.2) is 95.7 Å². The molecular formula is C33H30N6O8. The van der Waals surface area contributed by atoms with Crippen LogP contribution in [0, 0.1) is 0 Å². The van der Waals surface area contributed by atoms with Gasteiger partial charge in [-0.3, -0.25) is 38.8 Å². The summed E-state index contributed by atoms with van der Waals surface area (Å²) in [6.45, 7) is 0.905. The molecular weight excluding hydrogens is 608 g/mol.